The van der Waals surface area contributed by atoms with E-state index in [0.29, 0.717) is 5.69 Å². The molecule has 32 heavy (non-hydrogen) atoms. The Balaban J connectivity index is 1.37. The van der Waals surface area contributed by atoms with Gasteiger partial charge in [-0.05, 0) is 73.0 Å². The number of benzene rings is 3. The number of likely N-dealkylation sites (N-methyl/N-ethyl adjacent to an activating group) is 1. The van der Waals surface area contributed by atoms with Crippen molar-refractivity contribution in [2.45, 2.75) is 24.7 Å². The zero-order chi connectivity index (χ0) is 22.7. The number of hydrogen-bond acceptors (Lipinski definition) is 4. The standard InChI is InChI=1S/C24H24FN3O3S/c1-2-28-14-13-18-5-10-21(16-23(18)28)26-24(29)15-17-3-8-20(9-4-17)27-32(30,31)22-11-6-19(25)7-12-22/h3-12,16,27H,2,13-15H2,1H3,(H,26,29). The number of rotatable bonds is 7. The van der Waals surface area contributed by atoms with Gasteiger partial charge in [0.05, 0.1) is 11.3 Å². The van der Waals surface area contributed by atoms with Crippen LogP contribution in [0.5, 0.6) is 0 Å². The molecule has 166 valence electrons. The van der Waals surface area contributed by atoms with Crippen molar-refractivity contribution in [1.29, 1.82) is 0 Å². The monoisotopic (exact) mass is 453 g/mol. The summed E-state index contributed by atoms with van der Waals surface area (Å²) in [4.78, 5) is 14.8. The summed E-state index contributed by atoms with van der Waals surface area (Å²) in [6.07, 6.45) is 1.19. The fourth-order valence-corrected chi connectivity index (χ4v) is 4.82. The van der Waals surface area contributed by atoms with E-state index in [9.17, 15) is 17.6 Å². The van der Waals surface area contributed by atoms with Gasteiger partial charge in [0.2, 0.25) is 5.91 Å². The third-order valence-electron chi connectivity index (χ3n) is 5.44. The molecule has 1 heterocycles. The molecule has 3 aromatic carbocycles. The van der Waals surface area contributed by atoms with E-state index in [0.717, 1.165) is 42.9 Å². The molecule has 0 spiro atoms. The molecule has 0 unspecified atom stereocenters. The molecule has 0 saturated heterocycles. The number of nitrogens with zero attached hydrogens (tertiary/aromatic N) is 1. The van der Waals surface area contributed by atoms with Crippen molar-refractivity contribution < 1.29 is 17.6 Å². The molecule has 0 atom stereocenters. The minimum Gasteiger partial charge on any atom is -0.371 e. The summed E-state index contributed by atoms with van der Waals surface area (Å²) in [5, 5.41) is 2.94. The Labute approximate surface area is 187 Å². The number of halogens is 1. The van der Waals surface area contributed by atoms with Crippen LogP contribution in [0.15, 0.2) is 71.6 Å². The number of sulfonamides is 1. The van der Waals surface area contributed by atoms with Gasteiger partial charge >= 0.3 is 0 Å². The van der Waals surface area contributed by atoms with Crippen LogP contribution in [0.25, 0.3) is 0 Å². The molecule has 1 amide bonds. The molecule has 0 saturated carbocycles. The first-order valence-corrected chi connectivity index (χ1v) is 11.9. The molecule has 4 rings (SSSR count). The second kappa shape index (κ2) is 9.00. The normalized spacial score (nSPS) is 13.0. The molecule has 8 heteroatoms. The van der Waals surface area contributed by atoms with Crippen molar-refractivity contribution in [2.24, 2.45) is 0 Å². The first-order chi connectivity index (χ1) is 15.3. The maximum absolute atomic E-state index is 13.0. The number of amides is 1. The molecule has 0 aliphatic carbocycles. The summed E-state index contributed by atoms with van der Waals surface area (Å²) in [5.74, 6) is -0.653. The topological polar surface area (TPSA) is 78.5 Å². The van der Waals surface area contributed by atoms with Crippen LogP contribution in [0.1, 0.15) is 18.1 Å². The second-order valence-electron chi connectivity index (χ2n) is 7.65. The summed E-state index contributed by atoms with van der Waals surface area (Å²) in [6.45, 7) is 4.05. The fourth-order valence-electron chi connectivity index (χ4n) is 3.76. The van der Waals surface area contributed by atoms with Gasteiger partial charge in [-0.1, -0.05) is 18.2 Å². The summed E-state index contributed by atoms with van der Waals surface area (Å²) in [5.41, 5.74) is 4.34. The Hall–Kier alpha value is -3.39. The molecule has 1 aliphatic rings. The van der Waals surface area contributed by atoms with E-state index < -0.39 is 15.8 Å². The average molecular weight is 454 g/mol. The average Bonchev–Trinajstić information content (AvgIpc) is 3.17. The van der Waals surface area contributed by atoms with Gasteiger partial charge < -0.3 is 10.2 Å². The molecule has 0 aromatic heterocycles. The molecule has 3 aromatic rings. The number of hydrogen-bond donors (Lipinski definition) is 2. The van der Waals surface area contributed by atoms with Crippen molar-refractivity contribution in [3.05, 3.63) is 83.7 Å². The highest BCUT2D eigenvalue weighted by atomic mass is 32.2. The molecule has 2 N–H and O–H groups in total. The second-order valence-corrected chi connectivity index (χ2v) is 9.34. The Morgan fingerprint density at radius 1 is 1.00 bits per heavy atom. The Bertz CT molecular complexity index is 1230. The number of anilines is 3. The van der Waals surface area contributed by atoms with Crippen LogP contribution < -0.4 is 14.9 Å². The zero-order valence-electron chi connectivity index (χ0n) is 17.6. The van der Waals surface area contributed by atoms with Crippen molar-refractivity contribution in [1.82, 2.24) is 0 Å². The van der Waals surface area contributed by atoms with Crippen molar-refractivity contribution in [3.63, 3.8) is 0 Å². The van der Waals surface area contributed by atoms with Gasteiger partial charge in [0.15, 0.2) is 0 Å². The molecular weight excluding hydrogens is 429 g/mol. The summed E-state index contributed by atoms with van der Waals surface area (Å²) in [7, 11) is -3.82. The number of carbonyl (C=O) groups is 1. The minimum atomic E-state index is -3.82. The van der Waals surface area contributed by atoms with E-state index in [1.165, 1.54) is 23.4 Å². The SMILES string of the molecule is CCN1CCc2ccc(NC(=O)Cc3ccc(NS(=O)(=O)c4ccc(F)cc4)cc3)cc21. The van der Waals surface area contributed by atoms with Crippen LogP contribution in [0.4, 0.5) is 21.5 Å². The predicted octanol–water partition coefficient (Wildman–Crippen LogP) is 4.19. The Morgan fingerprint density at radius 3 is 2.38 bits per heavy atom. The van der Waals surface area contributed by atoms with Crippen molar-refractivity contribution in [3.8, 4) is 0 Å². The summed E-state index contributed by atoms with van der Waals surface area (Å²) < 4.78 is 40.3. The van der Waals surface area contributed by atoms with Crippen molar-refractivity contribution in [2.75, 3.05) is 28.0 Å². The van der Waals surface area contributed by atoms with E-state index in [2.05, 4.69) is 27.9 Å². The first-order valence-electron chi connectivity index (χ1n) is 10.4. The van der Waals surface area contributed by atoms with Crippen LogP contribution >= 0.6 is 0 Å². The lowest BCUT2D eigenvalue weighted by atomic mass is 10.1. The van der Waals surface area contributed by atoms with Crippen LogP contribution in [0.3, 0.4) is 0 Å². The Morgan fingerprint density at radius 2 is 1.69 bits per heavy atom. The smallest absolute Gasteiger partial charge is 0.261 e. The van der Waals surface area contributed by atoms with E-state index in [1.54, 1.807) is 24.3 Å². The highest BCUT2D eigenvalue weighted by Crippen LogP contribution is 2.30. The van der Waals surface area contributed by atoms with Gasteiger partial charge in [-0.3, -0.25) is 9.52 Å². The molecule has 1 aliphatic heterocycles. The number of fused-ring (bicyclic) bond motifs is 1. The fraction of sp³-hybridized carbons (Fsp3) is 0.208. The highest BCUT2D eigenvalue weighted by molar-refractivity contribution is 7.92. The van der Waals surface area contributed by atoms with E-state index >= 15 is 0 Å². The Kier molecular flexibility index (Phi) is 6.14. The molecular formula is C24H24FN3O3S. The lowest BCUT2D eigenvalue weighted by Crippen LogP contribution is -2.19. The molecule has 0 radical (unpaired) electrons. The minimum absolute atomic E-state index is 0.0293. The summed E-state index contributed by atoms with van der Waals surface area (Å²) in [6, 6.07) is 17.2. The zero-order valence-corrected chi connectivity index (χ0v) is 18.5. The van der Waals surface area contributed by atoms with Gasteiger partial charge in [-0.25, -0.2) is 12.8 Å². The van der Waals surface area contributed by atoms with Crippen molar-refractivity contribution >= 4 is 33.0 Å². The van der Waals surface area contributed by atoms with Gasteiger partial charge in [0, 0.05) is 30.2 Å². The third kappa shape index (κ3) is 4.91. The van der Waals surface area contributed by atoms with Crippen LogP contribution in [-0.2, 0) is 27.7 Å². The lowest BCUT2D eigenvalue weighted by molar-refractivity contribution is -0.115. The molecule has 6 nitrogen and oxygen atoms in total. The predicted molar refractivity (Wildman–Crippen MR) is 124 cm³/mol. The highest BCUT2D eigenvalue weighted by Gasteiger charge is 2.18. The first kappa shape index (κ1) is 21.8. The lowest BCUT2D eigenvalue weighted by Gasteiger charge is -2.17. The maximum atomic E-state index is 13.0. The van der Waals surface area contributed by atoms with Crippen LogP contribution in [-0.4, -0.2) is 27.4 Å². The van der Waals surface area contributed by atoms with Crippen LogP contribution in [0, 0.1) is 5.82 Å². The van der Waals surface area contributed by atoms with Gasteiger partial charge in [-0.15, -0.1) is 0 Å². The molecule has 0 fully saturated rings. The maximum Gasteiger partial charge on any atom is 0.261 e. The quantitative estimate of drug-likeness (QED) is 0.562. The molecule has 0 bridgehead atoms. The van der Waals surface area contributed by atoms with E-state index in [-0.39, 0.29) is 17.2 Å². The largest absolute Gasteiger partial charge is 0.371 e. The van der Waals surface area contributed by atoms with Gasteiger partial charge in [0.1, 0.15) is 5.82 Å². The summed E-state index contributed by atoms with van der Waals surface area (Å²) >= 11 is 0. The van der Waals surface area contributed by atoms with Gasteiger partial charge in [0.25, 0.3) is 10.0 Å². The van der Waals surface area contributed by atoms with Crippen LogP contribution in [0.2, 0.25) is 0 Å². The van der Waals surface area contributed by atoms with Gasteiger partial charge in [-0.2, -0.15) is 0 Å². The van der Waals surface area contributed by atoms with E-state index in [4.69, 9.17) is 0 Å². The van der Waals surface area contributed by atoms with E-state index in [1.807, 2.05) is 12.1 Å². The number of nitrogens with one attached hydrogen (secondary N) is 2. The number of carbonyl (C=O) groups excluding carboxylic acids is 1. The third-order valence-corrected chi connectivity index (χ3v) is 6.83.